The van der Waals surface area contributed by atoms with Crippen molar-refractivity contribution in [3.63, 3.8) is 0 Å². The number of carbonyl (C=O) groups is 2. The summed E-state index contributed by atoms with van der Waals surface area (Å²) in [5, 5.41) is 11.4. The predicted octanol–water partition coefficient (Wildman–Crippen LogP) is 1.62. The molecule has 116 valence electrons. The van der Waals surface area contributed by atoms with Crippen LogP contribution in [0.2, 0.25) is 0 Å². The van der Waals surface area contributed by atoms with Crippen molar-refractivity contribution in [3.8, 4) is 0 Å². The molecule has 0 saturated carbocycles. The first-order valence-electron chi connectivity index (χ1n) is 7.32. The van der Waals surface area contributed by atoms with E-state index in [2.05, 4.69) is 15.5 Å². The van der Waals surface area contributed by atoms with E-state index < -0.39 is 0 Å². The van der Waals surface area contributed by atoms with E-state index in [4.69, 9.17) is 0 Å². The number of aromatic nitrogens is 2. The first-order chi connectivity index (χ1) is 10.5. The maximum Gasteiger partial charge on any atom is 0.256 e. The molecule has 22 heavy (non-hydrogen) atoms. The fraction of sp³-hybridized carbons (Fsp3) is 0.375. The molecule has 0 radical (unpaired) electrons. The van der Waals surface area contributed by atoms with Crippen LogP contribution in [0.25, 0.3) is 10.9 Å². The summed E-state index contributed by atoms with van der Waals surface area (Å²) in [6.07, 6.45) is 1.45. The molecule has 6 heteroatoms. The summed E-state index contributed by atoms with van der Waals surface area (Å²) in [6.45, 7) is 6.09. The van der Waals surface area contributed by atoms with Crippen molar-refractivity contribution in [1.82, 2.24) is 20.4 Å². The highest BCUT2D eigenvalue weighted by molar-refractivity contribution is 6.06. The first-order valence-corrected chi connectivity index (χ1v) is 7.32. The summed E-state index contributed by atoms with van der Waals surface area (Å²) in [7, 11) is 0. The molecule has 2 rings (SSSR count). The zero-order chi connectivity index (χ0) is 16.1. The Labute approximate surface area is 129 Å². The second kappa shape index (κ2) is 6.98. The number of likely N-dealkylation sites (N-methyl/N-ethyl adjacent to an activating group) is 1. The minimum Gasteiger partial charge on any atom is -0.352 e. The molecule has 0 aliphatic rings. The van der Waals surface area contributed by atoms with Crippen molar-refractivity contribution in [2.24, 2.45) is 0 Å². The van der Waals surface area contributed by atoms with Crippen LogP contribution in [0.4, 0.5) is 0 Å². The predicted molar refractivity (Wildman–Crippen MR) is 84.4 cm³/mol. The zero-order valence-electron chi connectivity index (χ0n) is 13.0. The molecule has 0 aliphatic carbocycles. The molecule has 0 bridgehead atoms. The maximum atomic E-state index is 12.7. The summed E-state index contributed by atoms with van der Waals surface area (Å²) in [6, 6.07) is 7.38. The van der Waals surface area contributed by atoms with Crippen LogP contribution >= 0.6 is 0 Å². The minimum absolute atomic E-state index is 0.0319. The zero-order valence-corrected chi connectivity index (χ0v) is 13.0. The molecule has 0 atom stereocenters. The van der Waals surface area contributed by atoms with Gasteiger partial charge in [0.2, 0.25) is 5.91 Å². The lowest BCUT2D eigenvalue weighted by Crippen LogP contribution is -2.42. The molecular weight excluding hydrogens is 280 g/mol. The van der Waals surface area contributed by atoms with Gasteiger partial charge in [-0.2, -0.15) is 10.2 Å². The van der Waals surface area contributed by atoms with Gasteiger partial charge in [0.25, 0.3) is 5.91 Å². The highest BCUT2D eigenvalue weighted by Crippen LogP contribution is 2.16. The number of hydrogen-bond acceptors (Lipinski definition) is 4. The highest BCUT2D eigenvalue weighted by atomic mass is 16.2. The standard InChI is InChI=1S/C16H20N4O2/c1-4-20(10-15(21)18-11(2)3)16(22)13-9-17-19-14-8-6-5-7-12(13)14/h5-9,11H,4,10H2,1-3H3,(H,18,21). The van der Waals surface area contributed by atoms with E-state index in [-0.39, 0.29) is 24.4 Å². The normalized spacial score (nSPS) is 10.7. The van der Waals surface area contributed by atoms with Crippen LogP contribution in [-0.4, -0.2) is 46.0 Å². The fourth-order valence-electron chi connectivity index (χ4n) is 2.22. The van der Waals surface area contributed by atoms with Gasteiger partial charge in [-0.25, -0.2) is 0 Å². The van der Waals surface area contributed by atoms with Gasteiger partial charge in [-0.1, -0.05) is 18.2 Å². The molecule has 0 spiro atoms. The van der Waals surface area contributed by atoms with Crippen LogP contribution in [0, 0.1) is 0 Å². The third-order valence-corrected chi connectivity index (χ3v) is 3.23. The summed E-state index contributed by atoms with van der Waals surface area (Å²) >= 11 is 0. The van der Waals surface area contributed by atoms with Crippen molar-refractivity contribution in [3.05, 3.63) is 36.0 Å². The van der Waals surface area contributed by atoms with Crippen LogP contribution in [0.3, 0.4) is 0 Å². The monoisotopic (exact) mass is 300 g/mol. The Bertz CT molecular complexity index is 679. The van der Waals surface area contributed by atoms with Crippen LogP contribution in [0.5, 0.6) is 0 Å². The summed E-state index contributed by atoms with van der Waals surface area (Å²) in [5.41, 5.74) is 1.13. The Kier molecular flexibility index (Phi) is 5.04. The molecule has 2 amide bonds. The quantitative estimate of drug-likeness (QED) is 0.910. The van der Waals surface area contributed by atoms with E-state index >= 15 is 0 Å². The van der Waals surface area contributed by atoms with Crippen molar-refractivity contribution in [2.45, 2.75) is 26.8 Å². The van der Waals surface area contributed by atoms with E-state index in [0.717, 1.165) is 5.39 Å². The number of nitrogens with zero attached hydrogens (tertiary/aromatic N) is 3. The lowest BCUT2D eigenvalue weighted by Gasteiger charge is -2.21. The number of hydrogen-bond donors (Lipinski definition) is 1. The summed E-state index contributed by atoms with van der Waals surface area (Å²) < 4.78 is 0. The van der Waals surface area contributed by atoms with Gasteiger partial charge in [0, 0.05) is 18.0 Å². The van der Waals surface area contributed by atoms with Crippen molar-refractivity contribution >= 4 is 22.7 Å². The number of benzene rings is 1. The van der Waals surface area contributed by atoms with E-state index in [0.29, 0.717) is 17.6 Å². The molecule has 1 heterocycles. The SMILES string of the molecule is CCN(CC(=O)NC(C)C)C(=O)c1cnnc2ccccc12. The molecule has 6 nitrogen and oxygen atoms in total. The Balaban J connectivity index is 2.25. The molecule has 1 aromatic carbocycles. The largest absolute Gasteiger partial charge is 0.352 e. The Morgan fingerprint density at radius 3 is 2.68 bits per heavy atom. The third kappa shape index (κ3) is 3.58. The van der Waals surface area contributed by atoms with Gasteiger partial charge < -0.3 is 10.2 Å². The lowest BCUT2D eigenvalue weighted by atomic mass is 10.1. The minimum atomic E-state index is -0.215. The smallest absolute Gasteiger partial charge is 0.256 e. The molecule has 1 aromatic heterocycles. The molecule has 0 aliphatic heterocycles. The molecule has 0 unspecified atom stereocenters. The molecule has 2 aromatic rings. The molecular formula is C16H20N4O2. The highest BCUT2D eigenvalue weighted by Gasteiger charge is 2.20. The van der Waals surface area contributed by atoms with Gasteiger partial charge in [-0.05, 0) is 26.8 Å². The number of rotatable bonds is 5. The maximum absolute atomic E-state index is 12.7. The van der Waals surface area contributed by atoms with Crippen molar-refractivity contribution in [1.29, 1.82) is 0 Å². The van der Waals surface area contributed by atoms with Crippen molar-refractivity contribution in [2.75, 3.05) is 13.1 Å². The Morgan fingerprint density at radius 1 is 1.27 bits per heavy atom. The summed E-state index contributed by atoms with van der Waals surface area (Å²) in [4.78, 5) is 26.1. The van der Waals surface area contributed by atoms with Gasteiger partial charge in [0.05, 0.1) is 23.8 Å². The van der Waals surface area contributed by atoms with E-state index in [1.54, 1.807) is 6.07 Å². The van der Waals surface area contributed by atoms with Gasteiger partial charge in [-0.15, -0.1) is 0 Å². The average molecular weight is 300 g/mol. The number of fused-ring (bicyclic) bond motifs is 1. The first kappa shape index (κ1) is 15.9. The van der Waals surface area contributed by atoms with Crippen LogP contribution in [0.1, 0.15) is 31.1 Å². The van der Waals surface area contributed by atoms with E-state index in [1.165, 1.54) is 11.1 Å². The molecule has 0 saturated heterocycles. The molecule has 1 N–H and O–H groups in total. The van der Waals surface area contributed by atoms with Crippen LogP contribution in [-0.2, 0) is 4.79 Å². The topological polar surface area (TPSA) is 75.2 Å². The van der Waals surface area contributed by atoms with Crippen LogP contribution < -0.4 is 5.32 Å². The third-order valence-electron chi connectivity index (χ3n) is 3.23. The van der Waals surface area contributed by atoms with Gasteiger partial charge in [-0.3, -0.25) is 9.59 Å². The van der Waals surface area contributed by atoms with Gasteiger partial charge in [0.15, 0.2) is 0 Å². The summed E-state index contributed by atoms with van der Waals surface area (Å²) in [5.74, 6) is -0.385. The average Bonchev–Trinajstić information content (AvgIpc) is 2.50. The lowest BCUT2D eigenvalue weighted by molar-refractivity contribution is -0.122. The fourth-order valence-corrected chi connectivity index (χ4v) is 2.22. The van der Waals surface area contributed by atoms with Gasteiger partial charge in [0.1, 0.15) is 0 Å². The second-order valence-corrected chi connectivity index (χ2v) is 5.32. The number of amides is 2. The van der Waals surface area contributed by atoms with Crippen LogP contribution in [0.15, 0.2) is 30.5 Å². The van der Waals surface area contributed by atoms with E-state index in [9.17, 15) is 9.59 Å². The Hall–Kier alpha value is -2.50. The van der Waals surface area contributed by atoms with Gasteiger partial charge >= 0.3 is 0 Å². The number of carbonyl (C=O) groups excluding carboxylic acids is 2. The Morgan fingerprint density at radius 2 is 2.00 bits per heavy atom. The van der Waals surface area contributed by atoms with Crippen molar-refractivity contribution < 1.29 is 9.59 Å². The second-order valence-electron chi connectivity index (χ2n) is 5.32. The number of nitrogens with one attached hydrogen (secondary N) is 1. The molecule has 0 fully saturated rings. The van der Waals surface area contributed by atoms with E-state index in [1.807, 2.05) is 39.0 Å².